The highest BCUT2D eigenvalue weighted by Crippen LogP contribution is 2.18. The number of rotatable bonds is 3. The van der Waals surface area contributed by atoms with E-state index >= 15 is 0 Å². The van der Waals surface area contributed by atoms with Gasteiger partial charge in [0, 0.05) is 24.1 Å². The molecule has 16 heavy (non-hydrogen) atoms. The number of anilines is 1. The van der Waals surface area contributed by atoms with Gasteiger partial charge in [0.1, 0.15) is 5.82 Å². The first kappa shape index (κ1) is 11.7. The molecule has 0 aromatic carbocycles. The summed E-state index contributed by atoms with van der Waals surface area (Å²) in [6.07, 6.45) is 1.70. The number of pyridine rings is 1. The first-order valence-electron chi connectivity index (χ1n) is 5.33. The molecular formula is C11H16N2O2S. The number of nitrogen functional groups attached to an aromatic ring is 1. The molecule has 1 fully saturated rings. The van der Waals surface area contributed by atoms with Crippen LogP contribution < -0.4 is 5.73 Å². The van der Waals surface area contributed by atoms with Crippen LogP contribution >= 0.6 is 11.8 Å². The zero-order valence-electron chi connectivity index (χ0n) is 9.00. The summed E-state index contributed by atoms with van der Waals surface area (Å²) in [5, 5.41) is 10.0. The third kappa shape index (κ3) is 3.10. The number of hydrogen-bond donors (Lipinski definition) is 2. The molecular weight excluding hydrogens is 224 g/mol. The van der Waals surface area contributed by atoms with Gasteiger partial charge < -0.3 is 15.6 Å². The molecule has 1 saturated heterocycles. The first-order valence-corrected chi connectivity index (χ1v) is 6.49. The standard InChI is InChI=1S/C11H16N2O2S/c12-11-6-8(1-2-13-11)5-9(14)10-7-16-4-3-15-10/h1-2,6,9-10,14H,3-5,7H2,(H2,12,13). The maximum atomic E-state index is 10.0. The molecule has 4 nitrogen and oxygen atoms in total. The van der Waals surface area contributed by atoms with E-state index in [4.69, 9.17) is 10.5 Å². The summed E-state index contributed by atoms with van der Waals surface area (Å²) in [5.74, 6) is 2.37. The number of aliphatic hydroxyl groups excluding tert-OH is 1. The first-order chi connectivity index (χ1) is 7.75. The van der Waals surface area contributed by atoms with Crippen LogP contribution in [0.5, 0.6) is 0 Å². The van der Waals surface area contributed by atoms with Crippen molar-refractivity contribution in [3.8, 4) is 0 Å². The molecule has 2 rings (SSSR count). The summed E-state index contributed by atoms with van der Waals surface area (Å²) < 4.78 is 5.52. The minimum atomic E-state index is -0.463. The number of thioether (sulfide) groups is 1. The molecule has 0 radical (unpaired) electrons. The van der Waals surface area contributed by atoms with Gasteiger partial charge >= 0.3 is 0 Å². The van der Waals surface area contributed by atoms with Crippen LogP contribution in [0.2, 0.25) is 0 Å². The van der Waals surface area contributed by atoms with Crippen molar-refractivity contribution in [2.24, 2.45) is 0 Å². The highest BCUT2D eigenvalue weighted by molar-refractivity contribution is 7.99. The van der Waals surface area contributed by atoms with Gasteiger partial charge in [-0.05, 0) is 17.7 Å². The zero-order valence-corrected chi connectivity index (χ0v) is 9.82. The second-order valence-corrected chi connectivity index (χ2v) is 4.99. The molecule has 1 aliphatic rings. The predicted octanol–water partition coefficient (Wildman–Crippen LogP) is 0.699. The van der Waals surface area contributed by atoms with E-state index in [9.17, 15) is 5.11 Å². The SMILES string of the molecule is Nc1cc(CC(O)C2CSCCO2)ccn1. The Morgan fingerprint density at radius 1 is 1.69 bits per heavy atom. The minimum Gasteiger partial charge on any atom is -0.390 e. The van der Waals surface area contributed by atoms with E-state index in [0.717, 1.165) is 23.7 Å². The number of aromatic nitrogens is 1. The predicted molar refractivity (Wildman–Crippen MR) is 65.4 cm³/mol. The van der Waals surface area contributed by atoms with E-state index in [0.29, 0.717) is 12.2 Å². The Kier molecular flexibility index (Phi) is 4.04. The number of aliphatic hydroxyl groups is 1. The van der Waals surface area contributed by atoms with Crippen molar-refractivity contribution in [3.63, 3.8) is 0 Å². The van der Waals surface area contributed by atoms with E-state index < -0.39 is 6.10 Å². The number of nitrogens with two attached hydrogens (primary N) is 1. The van der Waals surface area contributed by atoms with Crippen molar-refractivity contribution < 1.29 is 9.84 Å². The van der Waals surface area contributed by atoms with Gasteiger partial charge in [0.2, 0.25) is 0 Å². The van der Waals surface area contributed by atoms with Crippen molar-refractivity contribution >= 4 is 17.6 Å². The lowest BCUT2D eigenvalue weighted by Gasteiger charge is -2.26. The van der Waals surface area contributed by atoms with Gasteiger partial charge in [-0.2, -0.15) is 11.8 Å². The van der Waals surface area contributed by atoms with E-state index in [1.807, 2.05) is 17.8 Å². The third-order valence-corrected chi connectivity index (χ3v) is 3.58. The van der Waals surface area contributed by atoms with Crippen LogP contribution in [0, 0.1) is 0 Å². The summed E-state index contributed by atoms with van der Waals surface area (Å²) >= 11 is 1.82. The van der Waals surface area contributed by atoms with Crippen molar-refractivity contribution in [3.05, 3.63) is 23.9 Å². The molecule has 0 amide bonds. The van der Waals surface area contributed by atoms with Crippen LogP contribution in [0.15, 0.2) is 18.3 Å². The molecule has 0 saturated carbocycles. The average Bonchev–Trinajstić information content (AvgIpc) is 2.30. The fourth-order valence-electron chi connectivity index (χ4n) is 1.72. The average molecular weight is 240 g/mol. The van der Waals surface area contributed by atoms with Crippen LogP contribution in [0.4, 0.5) is 5.82 Å². The molecule has 2 unspecified atom stereocenters. The van der Waals surface area contributed by atoms with Gasteiger partial charge in [-0.1, -0.05) is 0 Å². The molecule has 3 N–H and O–H groups in total. The topological polar surface area (TPSA) is 68.4 Å². The van der Waals surface area contributed by atoms with E-state index in [1.165, 1.54) is 0 Å². The zero-order chi connectivity index (χ0) is 11.4. The lowest BCUT2D eigenvalue weighted by atomic mass is 10.1. The highest BCUT2D eigenvalue weighted by atomic mass is 32.2. The second kappa shape index (κ2) is 5.52. The summed E-state index contributed by atoms with van der Waals surface area (Å²) in [7, 11) is 0. The van der Waals surface area contributed by atoms with Crippen LogP contribution in [0.25, 0.3) is 0 Å². The van der Waals surface area contributed by atoms with Crippen LogP contribution in [0.3, 0.4) is 0 Å². The largest absolute Gasteiger partial charge is 0.390 e. The van der Waals surface area contributed by atoms with Gasteiger partial charge in [0.25, 0.3) is 0 Å². The van der Waals surface area contributed by atoms with Crippen LogP contribution in [-0.2, 0) is 11.2 Å². The van der Waals surface area contributed by atoms with Gasteiger partial charge in [0.15, 0.2) is 0 Å². The third-order valence-electron chi connectivity index (χ3n) is 2.56. The fraction of sp³-hybridized carbons (Fsp3) is 0.545. The fourth-order valence-corrected chi connectivity index (χ4v) is 2.65. The Morgan fingerprint density at radius 3 is 3.25 bits per heavy atom. The Bertz CT molecular complexity index is 343. The molecule has 0 spiro atoms. The van der Waals surface area contributed by atoms with Gasteiger partial charge in [-0.3, -0.25) is 0 Å². The molecule has 1 aromatic rings. The van der Waals surface area contributed by atoms with Crippen LogP contribution in [-0.4, -0.2) is 40.4 Å². The molecule has 0 aliphatic carbocycles. The molecule has 1 aliphatic heterocycles. The molecule has 5 heteroatoms. The summed E-state index contributed by atoms with van der Waals surface area (Å²) in [4.78, 5) is 3.92. The second-order valence-electron chi connectivity index (χ2n) is 3.84. The van der Waals surface area contributed by atoms with Crippen molar-refractivity contribution in [2.75, 3.05) is 23.8 Å². The quantitative estimate of drug-likeness (QED) is 0.814. The molecule has 2 atom stereocenters. The number of hydrogen-bond acceptors (Lipinski definition) is 5. The minimum absolute atomic E-state index is 0.0619. The lowest BCUT2D eigenvalue weighted by Crippen LogP contribution is -2.36. The molecule has 2 heterocycles. The summed E-state index contributed by atoms with van der Waals surface area (Å²) in [5.41, 5.74) is 6.58. The normalized spacial score (nSPS) is 22.9. The van der Waals surface area contributed by atoms with Crippen molar-refractivity contribution in [1.82, 2.24) is 4.98 Å². The Morgan fingerprint density at radius 2 is 2.56 bits per heavy atom. The number of nitrogens with zero attached hydrogens (tertiary/aromatic N) is 1. The summed E-state index contributed by atoms with van der Waals surface area (Å²) in [6.45, 7) is 0.727. The Hall–Kier alpha value is -0.780. The van der Waals surface area contributed by atoms with Crippen molar-refractivity contribution in [1.29, 1.82) is 0 Å². The highest BCUT2D eigenvalue weighted by Gasteiger charge is 2.23. The lowest BCUT2D eigenvalue weighted by molar-refractivity contribution is -0.0207. The maximum Gasteiger partial charge on any atom is 0.123 e. The van der Waals surface area contributed by atoms with E-state index in [-0.39, 0.29) is 6.10 Å². The molecule has 1 aromatic heterocycles. The van der Waals surface area contributed by atoms with Gasteiger partial charge in [-0.25, -0.2) is 4.98 Å². The summed E-state index contributed by atoms with van der Waals surface area (Å²) in [6, 6.07) is 3.66. The maximum absolute atomic E-state index is 10.0. The van der Waals surface area contributed by atoms with Crippen LogP contribution in [0.1, 0.15) is 5.56 Å². The van der Waals surface area contributed by atoms with E-state index in [1.54, 1.807) is 12.3 Å². The molecule has 0 bridgehead atoms. The van der Waals surface area contributed by atoms with Gasteiger partial charge in [0.05, 0.1) is 18.8 Å². The Labute approximate surface area is 99.2 Å². The smallest absolute Gasteiger partial charge is 0.123 e. The van der Waals surface area contributed by atoms with Gasteiger partial charge in [-0.15, -0.1) is 0 Å². The number of ether oxygens (including phenoxy) is 1. The monoisotopic (exact) mass is 240 g/mol. The van der Waals surface area contributed by atoms with E-state index in [2.05, 4.69) is 4.98 Å². The Balaban J connectivity index is 1.93. The molecule has 88 valence electrons. The van der Waals surface area contributed by atoms with Crippen molar-refractivity contribution in [2.45, 2.75) is 18.6 Å².